The van der Waals surface area contributed by atoms with Crippen LogP contribution in [0.3, 0.4) is 0 Å². The molecule has 0 saturated carbocycles. The maximum absolute atomic E-state index is 12.2. The van der Waals surface area contributed by atoms with Crippen LogP contribution in [0.1, 0.15) is 39.5 Å². The molecule has 6 N–H and O–H groups in total. The van der Waals surface area contributed by atoms with Gasteiger partial charge in [-0.1, -0.05) is 26.7 Å². The summed E-state index contributed by atoms with van der Waals surface area (Å²) in [5.74, 6) is -2.00. The Hall–Kier alpha value is -1.22. The van der Waals surface area contributed by atoms with E-state index in [2.05, 4.69) is 0 Å². The predicted molar refractivity (Wildman–Crippen MR) is 79.6 cm³/mol. The van der Waals surface area contributed by atoms with Crippen LogP contribution in [0.25, 0.3) is 0 Å². The van der Waals surface area contributed by atoms with Gasteiger partial charge in [0.1, 0.15) is 12.2 Å². The molecule has 0 aromatic carbocycles. The van der Waals surface area contributed by atoms with E-state index in [1.807, 2.05) is 13.8 Å². The molecule has 8 nitrogen and oxygen atoms in total. The Balaban J connectivity index is 4.84. The average Bonchev–Trinajstić information content (AvgIpc) is 2.51. The van der Waals surface area contributed by atoms with Gasteiger partial charge in [0.2, 0.25) is 5.91 Å². The second-order valence-corrected chi connectivity index (χ2v) is 5.31. The molecule has 0 radical (unpaired) electrons. The summed E-state index contributed by atoms with van der Waals surface area (Å²) >= 11 is 0. The lowest BCUT2D eigenvalue weighted by molar-refractivity contribution is -0.160. The first-order valence-electron chi connectivity index (χ1n) is 7.58. The summed E-state index contributed by atoms with van der Waals surface area (Å²) in [6.45, 7) is 4.77. The molecule has 0 aliphatic rings. The second kappa shape index (κ2) is 10.5. The minimum atomic E-state index is -2.06. The van der Waals surface area contributed by atoms with Gasteiger partial charge < -0.3 is 31.1 Å². The molecule has 4 atom stereocenters. The predicted octanol–water partition coefficient (Wildman–Crippen LogP) is -1.66. The van der Waals surface area contributed by atoms with E-state index in [0.717, 1.165) is 25.7 Å². The fourth-order valence-corrected chi connectivity index (χ4v) is 1.91. The van der Waals surface area contributed by atoms with Crippen molar-refractivity contribution in [1.29, 1.82) is 0 Å². The van der Waals surface area contributed by atoms with E-state index in [9.17, 15) is 30.0 Å². The number of amides is 2. The highest BCUT2D eigenvalue weighted by molar-refractivity contribution is 5.82. The SMILES string of the molecule is CCCCN(CCCC)C(=O)[C@H](O)[C@@H](O)[C@@H](O)[C@H](O)C(N)=O. The zero-order valence-electron chi connectivity index (χ0n) is 13.2. The van der Waals surface area contributed by atoms with Gasteiger partial charge in [-0.3, -0.25) is 9.59 Å². The number of carbonyl (C=O) groups excluding carboxylic acids is 2. The highest BCUT2D eigenvalue weighted by atomic mass is 16.4. The number of rotatable bonds is 11. The number of carbonyl (C=O) groups is 2. The van der Waals surface area contributed by atoms with Crippen molar-refractivity contribution in [2.24, 2.45) is 5.73 Å². The van der Waals surface area contributed by atoms with Crippen molar-refractivity contribution in [1.82, 2.24) is 4.90 Å². The highest BCUT2D eigenvalue weighted by Crippen LogP contribution is 2.10. The van der Waals surface area contributed by atoms with Crippen LogP contribution in [0.2, 0.25) is 0 Å². The fourth-order valence-electron chi connectivity index (χ4n) is 1.91. The topological polar surface area (TPSA) is 144 Å². The van der Waals surface area contributed by atoms with E-state index < -0.39 is 36.2 Å². The lowest BCUT2D eigenvalue weighted by atomic mass is 10.0. The molecule has 0 spiro atoms. The molecule has 0 heterocycles. The third-order valence-electron chi connectivity index (χ3n) is 3.42. The molecule has 0 aliphatic carbocycles. The van der Waals surface area contributed by atoms with Gasteiger partial charge in [0.25, 0.3) is 5.91 Å². The van der Waals surface area contributed by atoms with Crippen LogP contribution in [0.15, 0.2) is 0 Å². The minimum absolute atomic E-state index is 0.424. The third-order valence-corrected chi connectivity index (χ3v) is 3.42. The number of hydrogen-bond donors (Lipinski definition) is 5. The van der Waals surface area contributed by atoms with Crippen LogP contribution in [0.4, 0.5) is 0 Å². The zero-order chi connectivity index (χ0) is 17.3. The van der Waals surface area contributed by atoms with Crippen LogP contribution < -0.4 is 5.73 Å². The van der Waals surface area contributed by atoms with Crippen LogP contribution in [0, 0.1) is 0 Å². The maximum Gasteiger partial charge on any atom is 0.254 e. The standard InChI is InChI=1S/C14H28N2O6/c1-3-5-7-16(8-6-4-2)14(22)12(20)10(18)9(17)11(19)13(15)21/h9-12,17-20H,3-8H2,1-2H3,(H2,15,21)/t9-,10+,11+,12-/m1/s1. The number of aliphatic hydroxyl groups excluding tert-OH is 4. The van der Waals surface area contributed by atoms with Gasteiger partial charge in [-0.05, 0) is 12.8 Å². The van der Waals surface area contributed by atoms with Gasteiger partial charge in [-0.2, -0.15) is 0 Å². The zero-order valence-corrected chi connectivity index (χ0v) is 13.2. The third kappa shape index (κ3) is 6.27. The minimum Gasteiger partial charge on any atom is -0.387 e. The van der Waals surface area contributed by atoms with Gasteiger partial charge >= 0.3 is 0 Å². The summed E-state index contributed by atoms with van der Waals surface area (Å²) in [6, 6.07) is 0. The lowest BCUT2D eigenvalue weighted by Gasteiger charge is -2.29. The summed E-state index contributed by atoms with van der Waals surface area (Å²) in [5, 5.41) is 38.5. The Morgan fingerprint density at radius 2 is 1.32 bits per heavy atom. The second-order valence-electron chi connectivity index (χ2n) is 5.31. The Kier molecular flexibility index (Phi) is 9.91. The summed E-state index contributed by atoms with van der Waals surface area (Å²) in [7, 11) is 0. The molecular weight excluding hydrogens is 292 g/mol. The van der Waals surface area contributed by atoms with E-state index in [1.165, 1.54) is 4.90 Å². The molecule has 130 valence electrons. The van der Waals surface area contributed by atoms with Crippen molar-refractivity contribution in [3.05, 3.63) is 0 Å². The summed E-state index contributed by atoms with van der Waals surface area (Å²) in [6.07, 6.45) is -4.82. The number of hydrogen-bond acceptors (Lipinski definition) is 6. The number of primary amides is 1. The van der Waals surface area contributed by atoms with Crippen molar-refractivity contribution in [3.63, 3.8) is 0 Å². The Bertz CT molecular complexity index is 344. The monoisotopic (exact) mass is 320 g/mol. The van der Waals surface area contributed by atoms with E-state index >= 15 is 0 Å². The van der Waals surface area contributed by atoms with Crippen molar-refractivity contribution < 1.29 is 30.0 Å². The first-order valence-corrected chi connectivity index (χ1v) is 7.58. The van der Waals surface area contributed by atoms with Gasteiger partial charge in [-0.15, -0.1) is 0 Å². The van der Waals surface area contributed by atoms with E-state index in [1.54, 1.807) is 0 Å². The quantitative estimate of drug-likeness (QED) is 0.308. The fraction of sp³-hybridized carbons (Fsp3) is 0.857. The first-order chi connectivity index (χ1) is 10.3. The van der Waals surface area contributed by atoms with Crippen LogP contribution in [-0.2, 0) is 9.59 Å². The average molecular weight is 320 g/mol. The van der Waals surface area contributed by atoms with E-state index in [0.29, 0.717) is 13.1 Å². The highest BCUT2D eigenvalue weighted by Gasteiger charge is 2.38. The summed E-state index contributed by atoms with van der Waals surface area (Å²) in [5.41, 5.74) is 4.81. The van der Waals surface area contributed by atoms with Crippen molar-refractivity contribution in [2.75, 3.05) is 13.1 Å². The largest absolute Gasteiger partial charge is 0.387 e. The van der Waals surface area contributed by atoms with Crippen molar-refractivity contribution in [3.8, 4) is 0 Å². The van der Waals surface area contributed by atoms with Crippen LogP contribution >= 0.6 is 0 Å². The van der Waals surface area contributed by atoms with E-state index in [4.69, 9.17) is 5.73 Å². The first kappa shape index (κ1) is 20.8. The number of nitrogens with two attached hydrogens (primary N) is 1. The van der Waals surface area contributed by atoms with Crippen molar-refractivity contribution in [2.45, 2.75) is 63.9 Å². The van der Waals surface area contributed by atoms with Crippen LogP contribution in [-0.4, -0.2) is 74.6 Å². The molecule has 0 aromatic heterocycles. The molecule has 0 aliphatic heterocycles. The molecule has 0 bridgehead atoms. The molecule has 0 fully saturated rings. The molecule has 0 unspecified atom stereocenters. The molecule has 8 heteroatoms. The Morgan fingerprint density at radius 1 is 0.909 bits per heavy atom. The van der Waals surface area contributed by atoms with Gasteiger partial charge in [-0.25, -0.2) is 0 Å². The number of aliphatic hydroxyl groups is 4. The van der Waals surface area contributed by atoms with Crippen LogP contribution in [0.5, 0.6) is 0 Å². The molecule has 22 heavy (non-hydrogen) atoms. The smallest absolute Gasteiger partial charge is 0.254 e. The van der Waals surface area contributed by atoms with E-state index in [-0.39, 0.29) is 0 Å². The maximum atomic E-state index is 12.2. The summed E-state index contributed by atoms with van der Waals surface area (Å²) in [4.78, 5) is 24.4. The van der Waals surface area contributed by atoms with Gasteiger partial charge in [0, 0.05) is 13.1 Å². The Labute approximate surface area is 130 Å². The lowest BCUT2D eigenvalue weighted by Crippen LogP contribution is -2.54. The van der Waals surface area contributed by atoms with Gasteiger partial charge in [0.15, 0.2) is 12.2 Å². The molecular formula is C14H28N2O6. The molecule has 2 amide bonds. The molecule has 0 rings (SSSR count). The number of unbranched alkanes of at least 4 members (excludes halogenated alkanes) is 2. The summed E-state index contributed by atoms with van der Waals surface area (Å²) < 4.78 is 0. The normalized spacial score (nSPS) is 16.6. The Morgan fingerprint density at radius 3 is 1.68 bits per heavy atom. The number of nitrogens with zero attached hydrogens (tertiary/aromatic N) is 1. The van der Waals surface area contributed by atoms with Gasteiger partial charge in [0.05, 0.1) is 0 Å². The molecule has 0 aromatic rings. The molecule has 0 saturated heterocycles. The van der Waals surface area contributed by atoms with Crippen molar-refractivity contribution >= 4 is 11.8 Å².